The average Bonchev–Trinajstić information content (AvgIpc) is 2.51. The molecular weight excluding hydrogens is 344 g/mol. The summed E-state index contributed by atoms with van der Waals surface area (Å²) in [6.45, 7) is 2.55. The monoisotopic (exact) mass is 362 g/mol. The van der Waals surface area contributed by atoms with Gasteiger partial charge in [0.1, 0.15) is 0 Å². The van der Waals surface area contributed by atoms with Gasteiger partial charge >= 0.3 is 0 Å². The van der Waals surface area contributed by atoms with E-state index < -0.39 is 0 Å². The van der Waals surface area contributed by atoms with Crippen molar-refractivity contribution in [2.45, 2.75) is 19.3 Å². The number of halogens is 1. The Morgan fingerprint density at radius 1 is 1.27 bits per heavy atom. The molecule has 0 aromatic heterocycles. The number of nitrogens with zero attached hydrogens (tertiary/aromatic N) is 1. The summed E-state index contributed by atoms with van der Waals surface area (Å²) in [6, 6.07) is 8.35. The molecule has 0 aliphatic carbocycles. The Morgan fingerprint density at radius 2 is 2.14 bits per heavy atom. The van der Waals surface area contributed by atoms with Crippen LogP contribution in [0.2, 0.25) is 0 Å². The summed E-state index contributed by atoms with van der Waals surface area (Å²) in [5, 5.41) is 2.43. The van der Waals surface area contributed by atoms with E-state index in [-0.39, 0.29) is 17.7 Å². The highest BCUT2D eigenvalue weighted by Crippen LogP contribution is 2.25. The van der Waals surface area contributed by atoms with Gasteiger partial charge in [-0.1, -0.05) is 34.1 Å². The van der Waals surface area contributed by atoms with E-state index in [0.29, 0.717) is 12.8 Å². The van der Waals surface area contributed by atoms with Gasteiger partial charge in [0.05, 0.1) is 5.92 Å². The number of carbonyl (C=O) groups is 2. The zero-order chi connectivity index (χ0) is 15.5. The minimum Gasteiger partial charge on any atom is -0.299 e. The van der Waals surface area contributed by atoms with Crippen molar-refractivity contribution in [2.75, 3.05) is 19.6 Å². The highest BCUT2D eigenvalue weighted by Gasteiger charge is 2.28. The molecular formula is C17H19BrN2O2. The van der Waals surface area contributed by atoms with Crippen LogP contribution in [0.25, 0.3) is 5.57 Å². The second kappa shape index (κ2) is 6.75. The van der Waals surface area contributed by atoms with E-state index in [0.717, 1.165) is 30.5 Å². The van der Waals surface area contributed by atoms with Crippen molar-refractivity contribution in [1.29, 1.82) is 0 Å². The van der Waals surface area contributed by atoms with E-state index in [4.69, 9.17) is 0 Å². The Labute approximate surface area is 138 Å². The maximum atomic E-state index is 11.8. The quantitative estimate of drug-likeness (QED) is 0.840. The highest BCUT2D eigenvalue weighted by atomic mass is 79.9. The number of hydrogen-bond donors (Lipinski definition) is 1. The lowest BCUT2D eigenvalue weighted by atomic mass is 9.95. The Hall–Kier alpha value is -1.46. The summed E-state index contributed by atoms with van der Waals surface area (Å²) in [4.78, 5) is 25.3. The average molecular weight is 363 g/mol. The van der Waals surface area contributed by atoms with Crippen molar-refractivity contribution < 1.29 is 9.59 Å². The maximum absolute atomic E-state index is 11.8. The zero-order valence-corrected chi connectivity index (χ0v) is 13.9. The van der Waals surface area contributed by atoms with Crippen LogP contribution in [0, 0.1) is 5.92 Å². The Balaban J connectivity index is 1.59. The molecule has 0 radical (unpaired) electrons. The van der Waals surface area contributed by atoms with Crippen molar-refractivity contribution in [1.82, 2.24) is 10.2 Å². The van der Waals surface area contributed by atoms with Crippen LogP contribution in [0.4, 0.5) is 0 Å². The van der Waals surface area contributed by atoms with Gasteiger partial charge in [0, 0.05) is 30.5 Å². The molecule has 0 saturated carbocycles. The van der Waals surface area contributed by atoms with E-state index in [2.05, 4.69) is 50.4 Å². The topological polar surface area (TPSA) is 49.4 Å². The van der Waals surface area contributed by atoms with Crippen molar-refractivity contribution in [3.63, 3.8) is 0 Å². The number of imide groups is 1. The first-order valence-corrected chi connectivity index (χ1v) is 8.42. The van der Waals surface area contributed by atoms with Crippen LogP contribution in [-0.2, 0) is 9.59 Å². The molecule has 2 aliphatic rings. The lowest BCUT2D eigenvalue weighted by molar-refractivity contribution is -0.136. The smallest absolute Gasteiger partial charge is 0.230 e. The fraction of sp³-hybridized carbons (Fsp3) is 0.412. The minimum absolute atomic E-state index is 0.0569. The SMILES string of the molecule is O=C1CCC(CN2CC=C(c3cccc(Br)c3)CC2)C(=O)N1. The maximum Gasteiger partial charge on any atom is 0.230 e. The van der Waals surface area contributed by atoms with Crippen molar-refractivity contribution in [2.24, 2.45) is 5.92 Å². The molecule has 1 aromatic carbocycles. The third-order valence-corrected chi connectivity index (χ3v) is 4.81. The molecule has 2 amide bonds. The molecule has 1 atom stereocenters. The van der Waals surface area contributed by atoms with Gasteiger partial charge in [-0.3, -0.25) is 19.8 Å². The van der Waals surface area contributed by atoms with Crippen LogP contribution in [0.3, 0.4) is 0 Å². The predicted octanol–water partition coefficient (Wildman–Crippen LogP) is 2.59. The van der Waals surface area contributed by atoms with Gasteiger partial charge in [-0.05, 0) is 36.1 Å². The van der Waals surface area contributed by atoms with Crippen LogP contribution in [0.5, 0.6) is 0 Å². The largest absolute Gasteiger partial charge is 0.299 e. The second-order valence-corrected chi connectivity index (χ2v) is 6.81. The zero-order valence-electron chi connectivity index (χ0n) is 12.3. The van der Waals surface area contributed by atoms with Gasteiger partial charge in [0.2, 0.25) is 11.8 Å². The summed E-state index contributed by atoms with van der Waals surface area (Å²) in [5.41, 5.74) is 2.62. The summed E-state index contributed by atoms with van der Waals surface area (Å²) in [6.07, 6.45) is 4.37. The molecule has 3 rings (SSSR count). The van der Waals surface area contributed by atoms with Gasteiger partial charge in [-0.2, -0.15) is 0 Å². The second-order valence-electron chi connectivity index (χ2n) is 5.90. The molecule has 2 heterocycles. The van der Waals surface area contributed by atoms with Crippen LogP contribution >= 0.6 is 15.9 Å². The minimum atomic E-state index is -0.142. The van der Waals surface area contributed by atoms with Gasteiger partial charge in [-0.15, -0.1) is 0 Å². The number of rotatable bonds is 3. The molecule has 1 fully saturated rings. The summed E-state index contributed by atoms with van der Waals surface area (Å²) in [5.74, 6) is -0.312. The highest BCUT2D eigenvalue weighted by molar-refractivity contribution is 9.10. The van der Waals surface area contributed by atoms with E-state index in [9.17, 15) is 9.59 Å². The van der Waals surface area contributed by atoms with Crippen molar-refractivity contribution in [3.8, 4) is 0 Å². The number of benzene rings is 1. The molecule has 1 unspecified atom stereocenters. The van der Waals surface area contributed by atoms with Crippen molar-refractivity contribution >= 4 is 33.3 Å². The molecule has 1 aromatic rings. The number of hydrogen-bond acceptors (Lipinski definition) is 3. The first kappa shape index (κ1) is 15.4. The van der Waals surface area contributed by atoms with Gasteiger partial charge < -0.3 is 0 Å². The first-order valence-electron chi connectivity index (χ1n) is 7.63. The van der Waals surface area contributed by atoms with Crippen LogP contribution < -0.4 is 5.32 Å². The van der Waals surface area contributed by atoms with E-state index in [1.807, 2.05) is 6.07 Å². The standard InChI is InChI=1S/C17H19BrN2O2/c18-15-3-1-2-13(10-15)12-6-8-20(9-7-12)11-14-4-5-16(21)19-17(14)22/h1-3,6,10,14H,4-5,7-9,11H2,(H,19,21,22). The molecule has 1 saturated heterocycles. The first-order chi connectivity index (χ1) is 10.6. The third-order valence-electron chi connectivity index (χ3n) is 4.32. The molecule has 5 heteroatoms. The Kier molecular flexibility index (Phi) is 4.74. The fourth-order valence-corrected chi connectivity index (χ4v) is 3.45. The van der Waals surface area contributed by atoms with E-state index in [1.54, 1.807) is 0 Å². The third kappa shape index (κ3) is 3.65. The van der Waals surface area contributed by atoms with Gasteiger partial charge in [-0.25, -0.2) is 0 Å². The number of nitrogens with one attached hydrogen (secondary N) is 1. The molecule has 116 valence electrons. The summed E-state index contributed by atoms with van der Waals surface area (Å²) < 4.78 is 1.09. The molecule has 22 heavy (non-hydrogen) atoms. The molecule has 1 N–H and O–H groups in total. The van der Waals surface area contributed by atoms with Crippen LogP contribution in [0.1, 0.15) is 24.8 Å². The van der Waals surface area contributed by atoms with Crippen LogP contribution in [0.15, 0.2) is 34.8 Å². The van der Waals surface area contributed by atoms with E-state index in [1.165, 1.54) is 11.1 Å². The molecule has 0 bridgehead atoms. The number of carbonyl (C=O) groups excluding carboxylic acids is 2. The fourth-order valence-electron chi connectivity index (χ4n) is 3.05. The lowest BCUT2D eigenvalue weighted by Gasteiger charge is -2.31. The molecule has 0 spiro atoms. The Morgan fingerprint density at radius 3 is 2.82 bits per heavy atom. The van der Waals surface area contributed by atoms with Crippen LogP contribution in [-0.4, -0.2) is 36.3 Å². The normalized spacial score (nSPS) is 23.1. The summed E-state index contributed by atoms with van der Waals surface area (Å²) in [7, 11) is 0. The van der Waals surface area contributed by atoms with Gasteiger partial charge in [0.15, 0.2) is 0 Å². The van der Waals surface area contributed by atoms with Gasteiger partial charge in [0.25, 0.3) is 0 Å². The predicted molar refractivity (Wildman–Crippen MR) is 89.0 cm³/mol. The van der Waals surface area contributed by atoms with Crippen molar-refractivity contribution in [3.05, 3.63) is 40.4 Å². The van der Waals surface area contributed by atoms with E-state index >= 15 is 0 Å². The molecule has 4 nitrogen and oxygen atoms in total. The number of piperidine rings is 1. The Bertz CT molecular complexity index is 627. The lowest BCUT2D eigenvalue weighted by Crippen LogP contribution is -2.46. The molecule has 2 aliphatic heterocycles. The summed E-state index contributed by atoms with van der Waals surface area (Å²) >= 11 is 3.51. The number of amides is 2.